The summed E-state index contributed by atoms with van der Waals surface area (Å²) in [6, 6.07) is 5.97. The maximum absolute atomic E-state index is 5.97. The fourth-order valence-electron chi connectivity index (χ4n) is 1.98. The van der Waals surface area contributed by atoms with Crippen molar-refractivity contribution in [1.29, 1.82) is 0 Å². The second kappa shape index (κ2) is 5.34. The first-order valence-corrected chi connectivity index (χ1v) is 6.48. The third kappa shape index (κ3) is 3.08. The molecule has 0 unspecified atom stereocenters. The van der Waals surface area contributed by atoms with Gasteiger partial charge in [0.1, 0.15) is 12.4 Å². The minimum atomic E-state index is 0.377. The molecule has 1 aromatic carbocycles. The Morgan fingerprint density at radius 1 is 1.37 bits per heavy atom. The van der Waals surface area contributed by atoms with Crippen molar-refractivity contribution in [2.75, 3.05) is 5.73 Å². The molecule has 0 atom stereocenters. The Morgan fingerprint density at radius 3 is 2.68 bits per heavy atom. The number of hydrogen-bond donors (Lipinski definition) is 1. The molecule has 1 heterocycles. The fourth-order valence-corrected chi connectivity index (χ4v) is 1.98. The van der Waals surface area contributed by atoms with Gasteiger partial charge >= 0.3 is 0 Å². The first-order valence-electron chi connectivity index (χ1n) is 6.48. The van der Waals surface area contributed by atoms with Gasteiger partial charge in [0.15, 0.2) is 0 Å². The zero-order chi connectivity index (χ0) is 14.0. The smallest absolute Gasteiger partial charge is 0.132 e. The van der Waals surface area contributed by atoms with E-state index in [0.29, 0.717) is 12.5 Å². The van der Waals surface area contributed by atoms with Crippen LogP contribution in [0.2, 0.25) is 0 Å². The minimum Gasteiger partial charge on any atom is -0.487 e. The highest BCUT2D eigenvalue weighted by atomic mass is 16.5. The van der Waals surface area contributed by atoms with E-state index in [1.807, 2.05) is 38.4 Å². The van der Waals surface area contributed by atoms with Crippen molar-refractivity contribution in [3.8, 4) is 5.75 Å². The quantitative estimate of drug-likeness (QED) is 0.859. The highest BCUT2D eigenvalue weighted by Crippen LogP contribution is 2.31. The fraction of sp³-hybridized carbons (Fsp3) is 0.400. The summed E-state index contributed by atoms with van der Waals surface area (Å²) in [5.74, 6) is 1.27. The second-order valence-electron chi connectivity index (χ2n) is 5.17. The topological polar surface area (TPSA) is 53.1 Å². The van der Waals surface area contributed by atoms with Gasteiger partial charge in [-0.3, -0.25) is 4.68 Å². The average molecular weight is 259 g/mol. The summed E-state index contributed by atoms with van der Waals surface area (Å²) in [6.07, 6.45) is 1.91. The number of nitrogens with zero attached hydrogens (tertiary/aromatic N) is 2. The lowest BCUT2D eigenvalue weighted by Crippen LogP contribution is -2.03. The number of anilines is 1. The standard InChI is InChI=1S/C15H21N3O/c1-10(2)13-8-14(16)11(3)7-15(13)19-9-12-5-6-18(4)17-12/h5-8,10H,9,16H2,1-4H3. The lowest BCUT2D eigenvalue weighted by atomic mass is 9.99. The molecule has 0 spiro atoms. The Balaban J connectivity index is 2.21. The molecule has 102 valence electrons. The third-order valence-corrected chi connectivity index (χ3v) is 3.16. The van der Waals surface area contributed by atoms with E-state index in [2.05, 4.69) is 18.9 Å². The summed E-state index contributed by atoms with van der Waals surface area (Å²) in [5.41, 5.74) is 9.88. The molecule has 1 aromatic heterocycles. The van der Waals surface area contributed by atoms with E-state index in [1.165, 1.54) is 0 Å². The molecule has 0 bridgehead atoms. The van der Waals surface area contributed by atoms with Crippen LogP contribution in [0, 0.1) is 6.92 Å². The van der Waals surface area contributed by atoms with Crippen LogP contribution >= 0.6 is 0 Å². The van der Waals surface area contributed by atoms with Crippen molar-refractivity contribution in [1.82, 2.24) is 9.78 Å². The Hall–Kier alpha value is -1.97. The zero-order valence-corrected chi connectivity index (χ0v) is 12.0. The number of nitrogens with two attached hydrogens (primary N) is 1. The normalized spacial score (nSPS) is 11.0. The number of aryl methyl sites for hydroxylation is 2. The summed E-state index contributed by atoms with van der Waals surface area (Å²) >= 11 is 0. The molecule has 0 saturated carbocycles. The van der Waals surface area contributed by atoms with Gasteiger partial charge in [-0.05, 0) is 42.2 Å². The lowest BCUT2D eigenvalue weighted by molar-refractivity contribution is 0.295. The van der Waals surface area contributed by atoms with Gasteiger partial charge in [0.05, 0.1) is 5.69 Å². The Bertz CT molecular complexity index is 573. The van der Waals surface area contributed by atoms with Crippen molar-refractivity contribution in [2.24, 2.45) is 7.05 Å². The van der Waals surface area contributed by atoms with Gasteiger partial charge < -0.3 is 10.5 Å². The monoisotopic (exact) mass is 259 g/mol. The van der Waals surface area contributed by atoms with E-state index >= 15 is 0 Å². The number of benzene rings is 1. The molecule has 0 radical (unpaired) electrons. The van der Waals surface area contributed by atoms with Crippen LogP contribution in [0.1, 0.15) is 36.6 Å². The van der Waals surface area contributed by atoms with Gasteiger partial charge in [0, 0.05) is 18.9 Å². The van der Waals surface area contributed by atoms with Crippen LogP contribution < -0.4 is 10.5 Å². The van der Waals surface area contributed by atoms with Crippen LogP contribution in [0.3, 0.4) is 0 Å². The zero-order valence-electron chi connectivity index (χ0n) is 12.0. The first-order chi connectivity index (χ1) is 8.97. The summed E-state index contributed by atoms with van der Waals surface area (Å²) in [4.78, 5) is 0. The second-order valence-corrected chi connectivity index (χ2v) is 5.17. The van der Waals surface area contributed by atoms with Crippen LogP contribution in [0.5, 0.6) is 5.75 Å². The highest BCUT2D eigenvalue weighted by molar-refractivity contribution is 5.55. The van der Waals surface area contributed by atoms with Gasteiger partial charge in [-0.15, -0.1) is 0 Å². The summed E-state index contributed by atoms with van der Waals surface area (Å²) in [5, 5.41) is 4.31. The maximum atomic E-state index is 5.97. The Labute approximate surface area is 114 Å². The van der Waals surface area contributed by atoms with Crippen molar-refractivity contribution in [3.05, 3.63) is 41.2 Å². The first kappa shape index (κ1) is 13.5. The minimum absolute atomic E-state index is 0.377. The molecule has 0 amide bonds. The van der Waals surface area contributed by atoms with E-state index in [9.17, 15) is 0 Å². The molecule has 0 aliphatic rings. The molecule has 0 aliphatic carbocycles. The molecule has 4 heteroatoms. The number of rotatable bonds is 4. The van der Waals surface area contributed by atoms with Gasteiger partial charge in [0.25, 0.3) is 0 Å². The van der Waals surface area contributed by atoms with Gasteiger partial charge in [-0.2, -0.15) is 5.10 Å². The number of hydrogen-bond acceptors (Lipinski definition) is 3. The van der Waals surface area contributed by atoms with Gasteiger partial charge in [0.2, 0.25) is 0 Å². The van der Waals surface area contributed by atoms with E-state index in [4.69, 9.17) is 10.5 Å². The third-order valence-electron chi connectivity index (χ3n) is 3.16. The van der Waals surface area contributed by atoms with Crippen molar-refractivity contribution < 1.29 is 4.74 Å². The van der Waals surface area contributed by atoms with Crippen molar-refractivity contribution >= 4 is 5.69 Å². The van der Waals surface area contributed by atoms with Crippen molar-refractivity contribution in [2.45, 2.75) is 33.3 Å². The van der Waals surface area contributed by atoms with Crippen LogP contribution in [0.25, 0.3) is 0 Å². The summed E-state index contributed by atoms with van der Waals surface area (Å²) < 4.78 is 7.68. The van der Waals surface area contributed by atoms with E-state index in [1.54, 1.807) is 4.68 Å². The van der Waals surface area contributed by atoms with Crippen LogP contribution in [0.4, 0.5) is 5.69 Å². The molecular formula is C15H21N3O. The average Bonchev–Trinajstić information content (AvgIpc) is 2.76. The van der Waals surface area contributed by atoms with Gasteiger partial charge in [-0.1, -0.05) is 13.8 Å². The number of ether oxygens (including phenoxy) is 1. The summed E-state index contributed by atoms with van der Waals surface area (Å²) in [6.45, 7) is 6.74. The predicted molar refractivity (Wildman–Crippen MR) is 77.2 cm³/mol. The molecule has 0 aliphatic heterocycles. The van der Waals surface area contributed by atoms with E-state index in [0.717, 1.165) is 28.3 Å². The molecule has 2 rings (SSSR count). The van der Waals surface area contributed by atoms with Crippen LogP contribution in [-0.2, 0) is 13.7 Å². The molecule has 0 fully saturated rings. The Morgan fingerprint density at radius 2 is 2.11 bits per heavy atom. The SMILES string of the molecule is Cc1cc(OCc2ccn(C)n2)c(C(C)C)cc1N. The van der Waals surface area contributed by atoms with Gasteiger partial charge in [-0.25, -0.2) is 0 Å². The maximum Gasteiger partial charge on any atom is 0.132 e. The van der Waals surface area contributed by atoms with Crippen LogP contribution in [-0.4, -0.2) is 9.78 Å². The predicted octanol–water partition coefficient (Wildman–Crippen LogP) is 3.01. The highest BCUT2D eigenvalue weighted by Gasteiger charge is 2.11. The van der Waals surface area contributed by atoms with E-state index in [-0.39, 0.29) is 0 Å². The van der Waals surface area contributed by atoms with Crippen LogP contribution in [0.15, 0.2) is 24.4 Å². The number of aromatic nitrogens is 2. The molecule has 0 saturated heterocycles. The molecule has 2 aromatic rings. The van der Waals surface area contributed by atoms with E-state index < -0.39 is 0 Å². The van der Waals surface area contributed by atoms with Crippen molar-refractivity contribution in [3.63, 3.8) is 0 Å². The molecule has 4 nitrogen and oxygen atoms in total. The molecular weight excluding hydrogens is 238 g/mol. The molecule has 2 N–H and O–H groups in total. The largest absolute Gasteiger partial charge is 0.487 e. The molecule has 19 heavy (non-hydrogen) atoms. The lowest BCUT2D eigenvalue weighted by Gasteiger charge is -2.15. The summed E-state index contributed by atoms with van der Waals surface area (Å²) in [7, 11) is 1.90. The Kier molecular flexibility index (Phi) is 3.79. The number of nitrogen functional groups attached to an aromatic ring is 1.